The Morgan fingerprint density at radius 2 is 1.73 bits per heavy atom. The molecule has 0 radical (unpaired) electrons. The first kappa shape index (κ1) is 17.2. The maximum Gasteiger partial charge on any atom is 0.257 e. The number of rotatable bonds is 3. The second kappa shape index (κ2) is 6.51. The van der Waals surface area contributed by atoms with Crippen molar-refractivity contribution in [3.05, 3.63) is 75.0 Å². The second-order valence-electron chi connectivity index (χ2n) is 5.99. The molecule has 6 nitrogen and oxygen atoms in total. The normalized spacial score (nSPS) is 14.8. The first-order valence-corrected chi connectivity index (χ1v) is 10.8. The van der Waals surface area contributed by atoms with Crippen molar-refractivity contribution in [1.82, 2.24) is 9.78 Å². The fraction of sp³-hybridized carbons (Fsp3) is 0.111. The molecule has 1 aliphatic rings. The van der Waals surface area contributed by atoms with E-state index in [1.54, 1.807) is 16.8 Å². The number of benzene rings is 2. The number of hydrogen-bond acceptors (Lipinski definition) is 4. The van der Waals surface area contributed by atoms with E-state index in [9.17, 15) is 13.2 Å². The quantitative estimate of drug-likeness (QED) is 0.586. The van der Waals surface area contributed by atoms with Crippen molar-refractivity contribution in [2.75, 3.05) is 5.32 Å². The Hall–Kier alpha value is -2.20. The van der Waals surface area contributed by atoms with Crippen LogP contribution in [0.5, 0.6) is 0 Å². The van der Waals surface area contributed by atoms with E-state index in [0.717, 1.165) is 9.26 Å². The van der Waals surface area contributed by atoms with Crippen LogP contribution in [0.2, 0.25) is 0 Å². The van der Waals surface area contributed by atoms with Gasteiger partial charge in [0.25, 0.3) is 5.91 Å². The molecule has 0 aliphatic carbocycles. The summed E-state index contributed by atoms with van der Waals surface area (Å²) in [5, 5.41) is 7.32. The smallest absolute Gasteiger partial charge is 0.257 e. The lowest BCUT2D eigenvalue weighted by Gasteiger charge is -2.11. The third-order valence-corrected chi connectivity index (χ3v) is 6.52. The number of para-hydroxylation sites is 1. The van der Waals surface area contributed by atoms with E-state index < -0.39 is 9.84 Å². The Labute approximate surface area is 164 Å². The van der Waals surface area contributed by atoms with Crippen LogP contribution >= 0.6 is 22.6 Å². The first-order chi connectivity index (χ1) is 12.4. The SMILES string of the molecule is O=C(Nc1c2c(nn1-c1ccccc1)CS(=O)(=O)C2)c1ccccc1I. The summed E-state index contributed by atoms with van der Waals surface area (Å²) < 4.78 is 26.4. The van der Waals surface area contributed by atoms with Crippen LogP contribution in [0.1, 0.15) is 21.6 Å². The highest BCUT2D eigenvalue weighted by Crippen LogP contribution is 2.33. The lowest BCUT2D eigenvalue weighted by molar-refractivity contribution is 0.102. The van der Waals surface area contributed by atoms with Crippen molar-refractivity contribution in [1.29, 1.82) is 0 Å². The molecule has 1 aliphatic heterocycles. The van der Waals surface area contributed by atoms with E-state index in [0.29, 0.717) is 22.6 Å². The third-order valence-electron chi connectivity index (χ3n) is 4.14. The number of sulfone groups is 1. The standard InChI is InChI=1S/C18H14IN3O3S/c19-15-9-5-4-8-13(15)18(23)20-17-14-10-26(24,25)11-16(14)21-22(17)12-6-2-1-3-7-12/h1-9H,10-11H2,(H,20,23). The van der Waals surface area contributed by atoms with Gasteiger partial charge in [-0.25, -0.2) is 13.1 Å². The van der Waals surface area contributed by atoms with Gasteiger partial charge in [0.15, 0.2) is 9.84 Å². The van der Waals surface area contributed by atoms with Gasteiger partial charge in [-0.3, -0.25) is 4.79 Å². The summed E-state index contributed by atoms with van der Waals surface area (Å²) in [6.45, 7) is 0. The van der Waals surface area contributed by atoms with Crippen molar-refractivity contribution in [2.45, 2.75) is 11.5 Å². The lowest BCUT2D eigenvalue weighted by atomic mass is 10.2. The van der Waals surface area contributed by atoms with Crippen LogP contribution in [-0.4, -0.2) is 24.1 Å². The molecule has 1 amide bonds. The average molecular weight is 479 g/mol. The van der Waals surface area contributed by atoms with Gasteiger partial charge in [0.1, 0.15) is 5.82 Å². The van der Waals surface area contributed by atoms with E-state index in [2.05, 4.69) is 33.0 Å². The molecular weight excluding hydrogens is 465 g/mol. The van der Waals surface area contributed by atoms with Crippen LogP contribution in [0.15, 0.2) is 54.6 Å². The summed E-state index contributed by atoms with van der Waals surface area (Å²) in [6, 6.07) is 16.6. The molecule has 132 valence electrons. The molecule has 0 bridgehead atoms. The highest BCUT2D eigenvalue weighted by Gasteiger charge is 2.33. The molecule has 2 heterocycles. The Morgan fingerprint density at radius 3 is 2.46 bits per heavy atom. The van der Waals surface area contributed by atoms with Gasteiger partial charge in [0, 0.05) is 9.13 Å². The monoisotopic (exact) mass is 479 g/mol. The molecule has 1 aromatic heterocycles. The molecule has 0 unspecified atom stereocenters. The first-order valence-electron chi connectivity index (χ1n) is 7.87. The molecule has 1 N–H and O–H groups in total. The van der Waals surface area contributed by atoms with Gasteiger partial charge in [-0.15, -0.1) is 0 Å². The minimum absolute atomic E-state index is 0.103. The zero-order chi connectivity index (χ0) is 18.3. The van der Waals surface area contributed by atoms with Crippen molar-refractivity contribution in [3.63, 3.8) is 0 Å². The summed E-state index contributed by atoms with van der Waals surface area (Å²) in [7, 11) is -3.22. The Kier molecular flexibility index (Phi) is 4.31. The number of anilines is 1. The minimum Gasteiger partial charge on any atom is -0.306 e. The third kappa shape index (κ3) is 3.14. The maximum atomic E-state index is 12.8. The van der Waals surface area contributed by atoms with Crippen LogP contribution in [0.25, 0.3) is 5.69 Å². The maximum absolute atomic E-state index is 12.8. The summed E-state index contributed by atoms with van der Waals surface area (Å²) in [5.41, 5.74) is 2.35. The van der Waals surface area contributed by atoms with E-state index in [-0.39, 0.29) is 17.4 Å². The molecule has 2 aromatic carbocycles. The Morgan fingerprint density at radius 1 is 1.04 bits per heavy atom. The largest absolute Gasteiger partial charge is 0.306 e. The molecule has 0 saturated heterocycles. The van der Waals surface area contributed by atoms with Crippen LogP contribution in [0.3, 0.4) is 0 Å². The van der Waals surface area contributed by atoms with E-state index >= 15 is 0 Å². The fourth-order valence-electron chi connectivity index (χ4n) is 2.95. The molecule has 26 heavy (non-hydrogen) atoms. The number of amides is 1. The highest BCUT2D eigenvalue weighted by molar-refractivity contribution is 14.1. The van der Waals surface area contributed by atoms with E-state index in [1.165, 1.54) is 0 Å². The predicted molar refractivity (Wildman–Crippen MR) is 107 cm³/mol. The van der Waals surface area contributed by atoms with Crippen molar-refractivity contribution in [2.24, 2.45) is 0 Å². The van der Waals surface area contributed by atoms with Gasteiger partial charge in [0.05, 0.1) is 28.5 Å². The zero-order valence-electron chi connectivity index (χ0n) is 13.5. The summed E-state index contributed by atoms with van der Waals surface area (Å²) in [4.78, 5) is 12.8. The lowest BCUT2D eigenvalue weighted by Crippen LogP contribution is -2.17. The number of carbonyl (C=O) groups is 1. The van der Waals surface area contributed by atoms with E-state index in [4.69, 9.17) is 0 Å². The minimum atomic E-state index is -3.22. The predicted octanol–water partition coefficient (Wildman–Crippen LogP) is 3.16. The van der Waals surface area contributed by atoms with Gasteiger partial charge >= 0.3 is 0 Å². The summed E-state index contributed by atoms with van der Waals surface area (Å²) in [5.74, 6) is -0.0963. The van der Waals surface area contributed by atoms with Gasteiger partial charge < -0.3 is 5.32 Å². The molecule has 0 fully saturated rings. The number of hydrogen-bond donors (Lipinski definition) is 1. The molecule has 3 aromatic rings. The number of halogens is 1. The van der Waals surface area contributed by atoms with Crippen molar-refractivity contribution >= 4 is 44.2 Å². The second-order valence-corrected chi connectivity index (χ2v) is 9.21. The zero-order valence-corrected chi connectivity index (χ0v) is 16.5. The number of carbonyl (C=O) groups excluding carboxylic acids is 1. The topological polar surface area (TPSA) is 81.1 Å². The van der Waals surface area contributed by atoms with Crippen LogP contribution in [0, 0.1) is 3.57 Å². The van der Waals surface area contributed by atoms with Gasteiger partial charge in [-0.2, -0.15) is 5.10 Å². The Balaban J connectivity index is 1.80. The summed E-state index contributed by atoms with van der Waals surface area (Å²) in [6.07, 6.45) is 0. The molecule has 4 rings (SSSR count). The Bertz CT molecular complexity index is 1110. The molecule has 8 heteroatoms. The number of aromatic nitrogens is 2. The van der Waals surface area contributed by atoms with Crippen molar-refractivity contribution < 1.29 is 13.2 Å². The van der Waals surface area contributed by atoms with Crippen LogP contribution < -0.4 is 5.32 Å². The molecular formula is C18H14IN3O3S. The highest BCUT2D eigenvalue weighted by atomic mass is 127. The van der Waals surface area contributed by atoms with Crippen LogP contribution in [-0.2, 0) is 21.3 Å². The van der Waals surface area contributed by atoms with E-state index in [1.807, 2.05) is 42.5 Å². The molecule has 0 atom stereocenters. The fourth-order valence-corrected chi connectivity index (χ4v) is 5.07. The number of nitrogens with zero attached hydrogens (tertiary/aromatic N) is 2. The molecule has 0 saturated carbocycles. The number of fused-ring (bicyclic) bond motifs is 1. The molecule has 0 spiro atoms. The summed E-state index contributed by atoms with van der Waals surface area (Å²) >= 11 is 2.10. The van der Waals surface area contributed by atoms with Crippen molar-refractivity contribution in [3.8, 4) is 5.69 Å². The number of nitrogens with one attached hydrogen (secondary N) is 1. The van der Waals surface area contributed by atoms with Gasteiger partial charge in [0.2, 0.25) is 0 Å². The van der Waals surface area contributed by atoms with Gasteiger partial charge in [-0.1, -0.05) is 30.3 Å². The van der Waals surface area contributed by atoms with Crippen LogP contribution in [0.4, 0.5) is 5.82 Å². The average Bonchev–Trinajstić information content (AvgIpc) is 3.09. The van der Waals surface area contributed by atoms with Gasteiger partial charge in [-0.05, 0) is 46.9 Å².